The highest BCUT2D eigenvalue weighted by Gasteiger charge is 2.39. The summed E-state index contributed by atoms with van der Waals surface area (Å²) in [5, 5.41) is 6.47. The molecule has 5 nitrogen and oxygen atoms in total. The predicted molar refractivity (Wildman–Crippen MR) is 84.3 cm³/mol. The molecule has 2 aliphatic rings. The second kappa shape index (κ2) is 5.38. The number of fused-ring (bicyclic) bond motifs is 2. The first-order chi connectivity index (χ1) is 11.1. The first-order valence-electron chi connectivity index (χ1n) is 7.83. The van der Waals surface area contributed by atoms with Crippen molar-refractivity contribution in [1.29, 1.82) is 0 Å². The predicted octanol–water partition coefficient (Wildman–Crippen LogP) is 2.29. The van der Waals surface area contributed by atoms with E-state index in [1.54, 1.807) is 24.3 Å². The zero-order chi connectivity index (χ0) is 16.0. The molecule has 23 heavy (non-hydrogen) atoms. The molecule has 0 radical (unpaired) electrons. The Labute approximate surface area is 133 Å². The minimum Gasteiger partial charge on any atom is -0.451 e. The van der Waals surface area contributed by atoms with Gasteiger partial charge in [0.15, 0.2) is 11.6 Å². The van der Waals surface area contributed by atoms with E-state index in [0.717, 1.165) is 12.8 Å². The average molecular weight is 315 g/mol. The van der Waals surface area contributed by atoms with E-state index in [2.05, 4.69) is 10.6 Å². The Morgan fingerprint density at radius 3 is 2.91 bits per heavy atom. The second-order valence-electron chi connectivity index (χ2n) is 6.24. The number of halogens is 1. The fourth-order valence-electron chi connectivity index (χ4n) is 3.57. The van der Waals surface area contributed by atoms with Crippen molar-refractivity contribution >= 4 is 11.6 Å². The van der Waals surface area contributed by atoms with Crippen LogP contribution in [0.25, 0.3) is 11.3 Å². The SMILES string of the molecule is Nc1cccc(-c2ccc(C(=O)NC3CC4CCC3N4)o2)c1F. The van der Waals surface area contributed by atoms with Crippen molar-refractivity contribution in [1.82, 2.24) is 10.6 Å². The molecule has 4 rings (SSSR count). The molecule has 3 atom stereocenters. The monoisotopic (exact) mass is 315 g/mol. The van der Waals surface area contributed by atoms with Crippen LogP contribution in [0.5, 0.6) is 0 Å². The van der Waals surface area contributed by atoms with Crippen LogP contribution in [-0.2, 0) is 0 Å². The zero-order valence-electron chi connectivity index (χ0n) is 12.5. The van der Waals surface area contributed by atoms with Gasteiger partial charge in [-0.2, -0.15) is 0 Å². The highest BCUT2D eigenvalue weighted by Crippen LogP contribution is 2.30. The van der Waals surface area contributed by atoms with E-state index in [1.165, 1.54) is 12.5 Å². The molecule has 120 valence electrons. The summed E-state index contributed by atoms with van der Waals surface area (Å²) in [4.78, 5) is 12.3. The summed E-state index contributed by atoms with van der Waals surface area (Å²) in [5.41, 5.74) is 5.87. The summed E-state index contributed by atoms with van der Waals surface area (Å²) in [7, 11) is 0. The maximum Gasteiger partial charge on any atom is 0.287 e. The van der Waals surface area contributed by atoms with Crippen LogP contribution in [0.2, 0.25) is 0 Å². The van der Waals surface area contributed by atoms with E-state index in [-0.39, 0.29) is 29.0 Å². The number of carbonyl (C=O) groups excluding carboxylic acids is 1. The van der Waals surface area contributed by atoms with E-state index in [1.807, 2.05) is 0 Å². The molecule has 0 spiro atoms. The van der Waals surface area contributed by atoms with Crippen molar-refractivity contribution in [3.63, 3.8) is 0 Å². The lowest BCUT2D eigenvalue weighted by atomic mass is 9.95. The van der Waals surface area contributed by atoms with Gasteiger partial charge in [-0.15, -0.1) is 0 Å². The Morgan fingerprint density at radius 1 is 1.30 bits per heavy atom. The van der Waals surface area contributed by atoms with Gasteiger partial charge < -0.3 is 20.8 Å². The normalized spacial score (nSPS) is 25.7. The quantitative estimate of drug-likeness (QED) is 0.759. The number of nitrogens with one attached hydrogen (secondary N) is 2. The molecular weight excluding hydrogens is 297 g/mol. The highest BCUT2D eigenvalue weighted by atomic mass is 19.1. The Morgan fingerprint density at radius 2 is 2.17 bits per heavy atom. The van der Waals surface area contributed by atoms with Gasteiger partial charge in [-0.05, 0) is 43.5 Å². The number of nitrogen functional groups attached to an aromatic ring is 1. The van der Waals surface area contributed by atoms with Gasteiger partial charge in [0, 0.05) is 18.1 Å². The summed E-state index contributed by atoms with van der Waals surface area (Å²) in [6, 6.07) is 8.86. The summed E-state index contributed by atoms with van der Waals surface area (Å²) >= 11 is 0. The number of amides is 1. The van der Waals surface area contributed by atoms with E-state index >= 15 is 0 Å². The number of nitrogens with two attached hydrogens (primary N) is 1. The molecule has 0 aliphatic carbocycles. The molecule has 1 aromatic heterocycles. The summed E-state index contributed by atoms with van der Waals surface area (Å²) < 4.78 is 19.6. The number of hydrogen-bond acceptors (Lipinski definition) is 4. The summed E-state index contributed by atoms with van der Waals surface area (Å²) in [6.45, 7) is 0. The lowest BCUT2D eigenvalue weighted by molar-refractivity contribution is 0.0903. The van der Waals surface area contributed by atoms with Crippen molar-refractivity contribution in [2.75, 3.05) is 5.73 Å². The number of furan rings is 1. The van der Waals surface area contributed by atoms with Gasteiger partial charge in [-0.25, -0.2) is 4.39 Å². The number of anilines is 1. The Bertz CT molecular complexity index is 758. The van der Waals surface area contributed by atoms with Gasteiger partial charge >= 0.3 is 0 Å². The van der Waals surface area contributed by atoms with E-state index < -0.39 is 5.82 Å². The van der Waals surface area contributed by atoms with Gasteiger partial charge in [0.05, 0.1) is 11.3 Å². The van der Waals surface area contributed by atoms with Crippen LogP contribution in [0, 0.1) is 5.82 Å². The van der Waals surface area contributed by atoms with Crippen LogP contribution in [0.4, 0.5) is 10.1 Å². The van der Waals surface area contributed by atoms with Gasteiger partial charge in [0.25, 0.3) is 5.91 Å². The van der Waals surface area contributed by atoms with Crippen LogP contribution in [0.3, 0.4) is 0 Å². The number of benzene rings is 1. The highest BCUT2D eigenvalue weighted by molar-refractivity contribution is 5.92. The van der Waals surface area contributed by atoms with Crippen molar-refractivity contribution < 1.29 is 13.6 Å². The molecule has 3 heterocycles. The third-order valence-corrected chi connectivity index (χ3v) is 4.74. The van der Waals surface area contributed by atoms with Crippen LogP contribution in [0.1, 0.15) is 29.8 Å². The maximum atomic E-state index is 14.0. The molecule has 4 N–H and O–H groups in total. The first kappa shape index (κ1) is 14.3. The lowest BCUT2D eigenvalue weighted by Crippen LogP contribution is -2.42. The minimum absolute atomic E-state index is 0.0537. The van der Waals surface area contributed by atoms with Gasteiger partial charge in [0.1, 0.15) is 5.76 Å². The molecule has 3 unspecified atom stereocenters. The van der Waals surface area contributed by atoms with Gasteiger partial charge in [-0.1, -0.05) is 6.07 Å². The van der Waals surface area contributed by atoms with Gasteiger partial charge in [0.2, 0.25) is 0 Å². The van der Waals surface area contributed by atoms with Gasteiger partial charge in [-0.3, -0.25) is 4.79 Å². The van der Waals surface area contributed by atoms with Crippen molar-refractivity contribution in [2.24, 2.45) is 0 Å². The van der Waals surface area contributed by atoms with Crippen molar-refractivity contribution in [3.8, 4) is 11.3 Å². The molecule has 2 saturated heterocycles. The molecular formula is C17H18FN3O2. The zero-order valence-corrected chi connectivity index (χ0v) is 12.5. The standard InChI is InChI=1S/C17H18FN3O2/c18-16-10(2-1-3-11(16)19)14-6-7-15(23-14)17(22)21-13-8-9-4-5-12(13)20-9/h1-3,6-7,9,12-13,20H,4-5,8,19H2,(H,21,22). The number of carbonyl (C=O) groups is 1. The van der Waals surface area contributed by atoms with E-state index in [0.29, 0.717) is 17.8 Å². The summed E-state index contributed by atoms with van der Waals surface area (Å²) in [5.74, 6) is -0.318. The first-order valence-corrected chi connectivity index (χ1v) is 7.83. The van der Waals surface area contributed by atoms with Crippen molar-refractivity contribution in [2.45, 2.75) is 37.4 Å². The van der Waals surface area contributed by atoms with Crippen LogP contribution < -0.4 is 16.4 Å². The van der Waals surface area contributed by atoms with E-state index in [4.69, 9.17) is 10.2 Å². The molecule has 0 saturated carbocycles. The van der Waals surface area contributed by atoms with Crippen LogP contribution >= 0.6 is 0 Å². The number of rotatable bonds is 3. The Balaban J connectivity index is 1.51. The average Bonchev–Trinajstić information content (AvgIpc) is 3.25. The molecule has 1 amide bonds. The fourth-order valence-corrected chi connectivity index (χ4v) is 3.57. The Hall–Kier alpha value is -2.34. The molecule has 2 bridgehead atoms. The van der Waals surface area contributed by atoms with Crippen LogP contribution in [-0.4, -0.2) is 24.0 Å². The Kier molecular flexibility index (Phi) is 3.34. The molecule has 2 fully saturated rings. The second-order valence-corrected chi connectivity index (χ2v) is 6.24. The topological polar surface area (TPSA) is 80.3 Å². The summed E-state index contributed by atoms with van der Waals surface area (Å²) in [6.07, 6.45) is 3.22. The lowest BCUT2D eigenvalue weighted by Gasteiger charge is -2.20. The minimum atomic E-state index is -0.536. The third kappa shape index (κ3) is 2.49. The third-order valence-electron chi connectivity index (χ3n) is 4.74. The fraction of sp³-hybridized carbons (Fsp3) is 0.353. The number of hydrogen-bond donors (Lipinski definition) is 3. The molecule has 6 heteroatoms. The molecule has 2 aromatic rings. The smallest absolute Gasteiger partial charge is 0.287 e. The van der Waals surface area contributed by atoms with E-state index in [9.17, 15) is 9.18 Å². The maximum absolute atomic E-state index is 14.0. The van der Waals surface area contributed by atoms with Crippen LogP contribution in [0.15, 0.2) is 34.7 Å². The molecule has 1 aromatic carbocycles. The largest absolute Gasteiger partial charge is 0.451 e. The molecule has 2 aliphatic heterocycles. The van der Waals surface area contributed by atoms with Crippen molar-refractivity contribution in [3.05, 3.63) is 41.9 Å².